The Morgan fingerprint density at radius 3 is 2.68 bits per heavy atom. The lowest BCUT2D eigenvalue weighted by molar-refractivity contribution is 0.206. The van der Waals surface area contributed by atoms with E-state index in [1.807, 2.05) is 13.1 Å². The van der Waals surface area contributed by atoms with Crippen LogP contribution in [0.4, 0.5) is 10.5 Å². The van der Waals surface area contributed by atoms with Crippen LogP contribution < -0.4 is 5.32 Å². The topological polar surface area (TPSA) is 35.6 Å². The number of urea groups is 1. The second-order valence-electron chi connectivity index (χ2n) is 5.31. The smallest absolute Gasteiger partial charge is 0.321 e. The maximum atomic E-state index is 12.5. The third kappa shape index (κ3) is 4.52. The molecule has 1 aromatic carbocycles. The maximum Gasteiger partial charge on any atom is 0.321 e. The van der Waals surface area contributed by atoms with Gasteiger partial charge in [0.15, 0.2) is 0 Å². The highest BCUT2D eigenvalue weighted by Crippen LogP contribution is 2.23. The molecule has 0 spiro atoms. The van der Waals surface area contributed by atoms with Gasteiger partial charge in [0, 0.05) is 35.4 Å². The summed E-state index contributed by atoms with van der Waals surface area (Å²) in [5, 5.41) is 3.83. The lowest BCUT2D eigenvalue weighted by Gasteiger charge is -2.26. The minimum atomic E-state index is -0.156. The normalized spacial score (nSPS) is 19.2. The van der Waals surface area contributed by atoms with Crippen LogP contribution in [0.5, 0.6) is 0 Å². The summed E-state index contributed by atoms with van der Waals surface area (Å²) in [7, 11) is 2.04. The Labute approximate surface area is 141 Å². The van der Waals surface area contributed by atoms with Crippen LogP contribution in [0.1, 0.15) is 6.42 Å². The predicted octanol–water partition coefficient (Wildman–Crippen LogP) is 3.87. The number of halogens is 2. The molecule has 2 amide bonds. The first-order valence-corrected chi connectivity index (χ1v) is 7.83. The zero-order valence-electron chi connectivity index (χ0n) is 12.5. The fourth-order valence-corrected chi connectivity index (χ4v) is 2.99. The molecule has 4 nitrogen and oxygen atoms in total. The van der Waals surface area contributed by atoms with Crippen LogP contribution in [-0.2, 0) is 0 Å². The van der Waals surface area contributed by atoms with Crippen molar-refractivity contribution in [2.75, 3.05) is 32.0 Å². The number of hydrogen-bond donors (Lipinski definition) is 1. The van der Waals surface area contributed by atoms with Crippen LogP contribution in [0, 0.1) is 0 Å². The van der Waals surface area contributed by atoms with Crippen molar-refractivity contribution in [2.45, 2.75) is 12.5 Å². The maximum absolute atomic E-state index is 12.5. The van der Waals surface area contributed by atoms with Crippen molar-refractivity contribution >= 4 is 34.9 Å². The summed E-state index contributed by atoms with van der Waals surface area (Å²) >= 11 is 11.9. The second-order valence-corrected chi connectivity index (χ2v) is 6.18. The summed E-state index contributed by atoms with van der Waals surface area (Å²) in [4.78, 5) is 16.4. The minimum absolute atomic E-state index is 0.119. The molecule has 0 saturated carbocycles. The summed E-state index contributed by atoms with van der Waals surface area (Å²) < 4.78 is 0. The minimum Gasteiger partial charge on any atom is -0.323 e. The van der Waals surface area contributed by atoms with E-state index in [9.17, 15) is 4.79 Å². The van der Waals surface area contributed by atoms with Gasteiger partial charge in [0.1, 0.15) is 0 Å². The van der Waals surface area contributed by atoms with E-state index < -0.39 is 0 Å². The number of likely N-dealkylation sites (N-methyl/N-ethyl adjacent to an activating group) is 1. The Balaban J connectivity index is 2.09. The van der Waals surface area contributed by atoms with Gasteiger partial charge in [0.2, 0.25) is 0 Å². The largest absolute Gasteiger partial charge is 0.323 e. The number of nitrogens with zero attached hydrogens (tertiary/aromatic N) is 2. The Bertz CT molecular complexity index is 579. The molecule has 2 rings (SSSR count). The number of rotatable bonds is 2. The van der Waals surface area contributed by atoms with Crippen molar-refractivity contribution in [2.24, 2.45) is 0 Å². The number of hydrogen-bond acceptors (Lipinski definition) is 2. The van der Waals surface area contributed by atoms with Gasteiger partial charge in [-0.1, -0.05) is 29.8 Å². The van der Waals surface area contributed by atoms with Gasteiger partial charge in [0.25, 0.3) is 0 Å². The quantitative estimate of drug-likeness (QED) is 0.830. The number of anilines is 1. The van der Waals surface area contributed by atoms with Gasteiger partial charge < -0.3 is 10.2 Å². The molecule has 22 heavy (non-hydrogen) atoms. The molecule has 1 aromatic rings. The zero-order chi connectivity index (χ0) is 16.1. The number of amides is 2. The molecule has 0 aromatic heterocycles. The molecule has 1 atom stereocenters. The summed E-state index contributed by atoms with van der Waals surface area (Å²) in [5.74, 6) is 0. The van der Waals surface area contributed by atoms with Crippen LogP contribution in [0.25, 0.3) is 0 Å². The van der Waals surface area contributed by atoms with Gasteiger partial charge in [0.05, 0.1) is 6.04 Å². The lowest BCUT2D eigenvalue weighted by Crippen LogP contribution is -2.42. The molecule has 0 bridgehead atoms. The average molecular weight is 340 g/mol. The molecule has 1 unspecified atom stereocenters. The van der Waals surface area contributed by atoms with Crippen LogP contribution in [-0.4, -0.2) is 48.6 Å². The molecule has 1 N–H and O–H groups in total. The third-order valence-corrected chi connectivity index (χ3v) is 4.06. The van der Waals surface area contributed by atoms with Crippen LogP contribution >= 0.6 is 23.2 Å². The first-order valence-electron chi connectivity index (χ1n) is 7.08. The molecule has 1 saturated heterocycles. The Kier molecular flexibility index (Phi) is 5.92. The van der Waals surface area contributed by atoms with Crippen molar-refractivity contribution in [3.05, 3.63) is 46.6 Å². The van der Waals surface area contributed by atoms with E-state index in [0.29, 0.717) is 28.8 Å². The highest BCUT2D eigenvalue weighted by molar-refractivity contribution is 6.35. The fraction of sp³-hybridized carbons (Fsp3) is 0.375. The molecule has 1 fully saturated rings. The SMILES string of the molecule is C=C=CC1CN(C(=O)Nc2cc(Cl)cc(Cl)c2)CCCN1C. The Morgan fingerprint density at radius 2 is 2.05 bits per heavy atom. The van der Waals surface area contributed by atoms with E-state index in [1.54, 1.807) is 23.1 Å². The first kappa shape index (κ1) is 16.9. The van der Waals surface area contributed by atoms with Crippen LogP contribution in [0.2, 0.25) is 10.0 Å². The summed E-state index contributed by atoms with van der Waals surface area (Å²) in [6.45, 7) is 5.84. The molecule has 1 aliphatic rings. The zero-order valence-corrected chi connectivity index (χ0v) is 14.0. The molecule has 1 heterocycles. The lowest BCUT2D eigenvalue weighted by atomic mass is 10.2. The van der Waals surface area contributed by atoms with E-state index in [2.05, 4.69) is 22.5 Å². The van der Waals surface area contributed by atoms with Crippen molar-refractivity contribution in [1.29, 1.82) is 0 Å². The van der Waals surface area contributed by atoms with E-state index in [0.717, 1.165) is 13.0 Å². The fourth-order valence-electron chi connectivity index (χ4n) is 2.46. The van der Waals surface area contributed by atoms with Gasteiger partial charge in [-0.15, -0.1) is 5.73 Å². The first-order chi connectivity index (χ1) is 10.5. The van der Waals surface area contributed by atoms with Crippen molar-refractivity contribution in [3.63, 3.8) is 0 Å². The Hall–Kier alpha value is -1.45. The van der Waals surface area contributed by atoms with Crippen molar-refractivity contribution < 1.29 is 4.79 Å². The average Bonchev–Trinajstić information content (AvgIpc) is 2.61. The second kappa shape index (κ2) is 7.70. The van der Waals surface area contributed by atoms with Crippen molar-refractivity contribution in [3.8, 4) is 0 Å². The molecule has 0 aliphatic carbocycles. The van der Waals surface area contributed by atoms with Gasteiger partial charge in [-0.2, -0.15) is 0 Å². The molecule has 0 radical (unpaired) electrons. The Morgan fingerprint density at radius 1 is 1.36 bits per heavy atom. The van der Waals surface area contributed by atoms with E-state index in [4.69, 9.17) is 23.2 Å². The summed E-state index contributed by atoms with van der Waals surface area (Å²) in [6, 6.07) is 4.95. The molecule has 6 heteroatoms. The van der Waals surface area contributed by atoms with E-state index in [-0.39, 0.29) is 12.1 Å². The van der Waals surface area contributed by atoms with Gasteiger partial charge in [-0.25, -0.2) is 4.79 Å². The molecular formula is C16H19Cl2N3O. The van der Waals surface area contributed by atoms with Crippen LogP contribution in [0.15, 0.2) is 36.6 Å². The molecular weight excluding hydrogens is 321 g/mol. The third-order valence-electron chi connectivity index (χ3n) is 3.62. The van der Waals surface area contributed by atoms with Gasteiger partial charge >= 0.3 is 6.03 Å². The number of carbonyl (C=O) groups excluding carboxylic acids is 1. The predicted molar refractivity (Wildman–Crippen MR) is 91.8 cm³/mol. The summed E-state index contributed by atoms with van der Waals surface area (Å²) in [6.07, 6.45) is 2.81. The number of benzene rings is 1. The van der Waals surface area contributed by atoms with Gasteiger partial charge in [-0.05, 0) is 37.7 Å². The summed E-state index contributed by atoms with van der Waals surface area (Å²) in [5.41, 5.74) is 3.40. The van der Waals surface area contributed by atoms with Gasteiger partial charge in [-0.3, -0.25) is 4.90 Å². The molecule has 118 valence electrons. The highest BCUT2D eigenvalue weighted by atomic mass is 35.5. The van der Waals surface area contributed by atoms with E-state index in [1.165, 1.54) is 0 Å². The highest BCUT2D eigenvalue weighted by Gasteiger charge is 2.23. The molecule has 1 aliphatic heterocycles. The van der Waals surface area contributed by atoms with Crippen LogP contribution in [0.3, 0.4) is 0 Å². The number of nitrogens with one attached hydrogen (secondary N) is 1. The monoisotopic (exact) mass is 339 g/mol. The van der Waals surface area contributed by atoms with Crippen molar-refractivity contribution in [1.82, 2.24) is 9.80 Å². The number of carbonyl (C=O) groups is 1. The van der Waals surface area contributed by atoms with E-state index >= 15 is 0 Å². The standard InChI is InChI=1S/C16H19Cl2N3O/c1-3-5-15-11-21(7-4-6-20(15)2)16(22)19-14-9-12(17)8-13(18)10-14/h5,8-10,15H,1,4,6-7,11H2,2H3,(H,19,22).